The quantitative estimate of drug-likeness (QED) is 0.864. The van der Waals surface area contributed by atoms with Crippen molar-refractivity contribution in [3.63, 3.8) is 0 Å². The van der Waals surface area contributed by atoms with Gasteiger partial charge in [0.25, 0.3) is 0 Å². The number of nitrogens with zero attached hydrogens (tertiary/aromatic N) is 1. The average Bonchev–Trinajstić information content (AvgIpc) is 2.79. The van der Waals surface area contributed by atoms with Crippen LogP contribution in [0.1, 0.15) is 12.0 Å². The molecule has 1 aromatic carbocycles. The second-order valence-corrected chi connectivity index (χ2v) is 6.37. The van der Waals surface area contributed by atoms with Crippen molar-refractivity contribution in [2.75, 3.05) is 24.3 Å². The summed E-state index contributed by atoms with van der Waals surface area (Å²) in [6.45, 7) is 0.866. The van der Waals surface area contributed by atoms with Gasteiger partial charge in [-0.15, -0.1) is 0 Å². The van der Waals surface area contributed by atoms with E-state index in [1.807, 2.05) is 23.9 Å². The molecule has 2 rings (SSSR count). The van der Waals surface area contributed by atoms with Gasteiger partial charge in [-0.3, -0.25) is 4.90 Å². The SMILES string of the molecule is CN(Cc1cc(Cl)c(N)c(Cl)c1)C1CCSC1. The Kier molecular flexibility index (Phi) is 4.47. The molecule has 1 aliphatic rings. The summed E-state index contributed by atoms with van der Waals surface area (Å²) in [5.74, 6) is 2.48. The number of nitrogen functional groups attached to an aromatic ring is 1. The van der Waals surface area contributed by atoms with E-state index in [4.69, 9.17) is 28.9 Å². The molecule has 0 aromatic heterocycles. The summed E-state index contributed by atoms with van der Waals surface area (Å²) in [7, 11) is 2.15. The second kappa shape index (κ2) is 5.70. The molecule has 17 heavy (non-hydrogen) atoms. The van der Waals surface area contributed by atoms with E-state index in [-0.39, 0.29) is 0 Å². The standard InChI is InChI=1S/C12H16Cl2N2S/c1-16(9-2-3-17-7-9)6-8-4-10(13)12(15)11(14)5-8/h4-5,9H,2-3,6-7,15H2,1H3. The Morgan fingerprint density at radius 3 is 2.59 bits per heavy atom. The molecule has 1 heterocycles. The summed E-state index contributed by atoms with van der Waals surface area (Å²) in [6, 6.07) is 4.47. The van der Waals surface area contributed by atoms with Gasteiger partial charge in [-0.1, -0.05) is 23.2 Å². The first-order chi connectivity index (χ1) is 8.08. The Bertz CT molecular complexity index is 382. The third-order valence-corrected chi connectivity index (χ3v) is 4.87. The Labute approximate surface area is 116 Å². The summed E-state index contributed by atoms with van der Waals surface area (Å²) < 4.78 is 0. The van der Waals surface area contributed by atoms with E-state index >= 15 is 0 Å². The lowest BCUT2D eigenvalue weighted by atomic mass is 10.1. The van der Waals surface area contributed by atoms with E-state index < -0.39 is 0 Å². The fourth-order valence-electron chi connectivity index (χ4n) is 2.01. The Morgan fingerprint density at radius 2 is 2.06 bits per heavy atom. The van der Waals surface area contributed by atoms with Crippen LogP contribution < -0.4 is 5.73 Å². The summed E-state index contributed by atoms with van der Waals surface area (Å²) in [6.07, 6.45) is 1.26. The highest BCUT2D eigenvalue weighted by molar-refractivity contribution is 7.99. The highest BCUT2D eigenvalue weighted by Gasteiger charge is 2.20. The predicted octanol–water partition coefficient (Wildman–Crippen LogP) is 3.51. The number of rotatable bonds is 3. The lowest BCUT2D eigenvalue weighted by Crippen LogP contribution is -2.30. The van der Waals surface area contributed by atoms with Gasteiger partial charge in [0.15, 0.2) is 0 Å². The van der Waals surface area contributed by atoms with E-state index in [1.165, 1.54) is 17.9 Å². The van der Waals surface area contributed by atoms with Gasteiger partial charge < -0.3 is 5.73 Å². The number of benzene rings is 1. The summed E-state index contributed by atoms with van der Waals surface area (Å²) in [5.41, 5.74) is 7.31. The molecule has 0 radical (unpaired) electrons. The van der Waals surface area contributed by atoms with Crippen molar-refractivity contribution in [2.24, 2.45) is 0 Å². The average molecular weight is 291 g/mol. The van der Waals surface area contributed by atoms with Gasteiger partial charge in [-0.25, -0.2) is 0 Å². The van der Waals surface area contributed by atoms with Crippen molar-refractivity contribution < 1.29 is 0 Å². The van der Waals surface area contributed by atoms with Crippen molar-refractivity contribution in [1.82, 2.24) is 4.90 Å². The maximum Gasteiger partial charge on any atom is 0.0693 e. The predicted molar refractivity (Wildman–Crippen MR) is 78.1 cm³/mol. The van der Waals surface area contributed by atoms with Crippen LogP contribution >= 0.6 is 35.0 Å². The molecule has 0 saturated carbocycles. The van der Waals surface area contributed by atoms with Gasteiger partial charge in [0.05, 0.1) is 15.7 Å². The first kappa shape index (κ1) is 13.3. The number of anilines is 1. The minimum atomic E-state index is 0.469. The zero-order valence-corrected chi connectivity index (χ0v) is 12.1. The lowest BCUT2D eigenvalue weighted by molar-refractivity contribution is 0.254. The molecule has 2 nitrogen and oxygen atoms in total. The number of nitrogens with two attached hydrogens (primary N) is 1. The molecular formula is C12H16Cl2N2S. The van der Waals surface area contributed by atoms with E-state index in [2.05, 4.69) is 11.9 Å². The van der Waals surface area contributed by atoms with Gasteiger partial charge in [-0.2, -0.15) is 11.8 Å². The lowest BCUT2D eigenvalue weighted by Gasteiger charge is -2.23. The normalized spacial score (nSPS) is 20.1. The van der Waals surface area contributed by atoms with E-state index in [9.17, 15) is 0 Å². The van der Waals surface area contributed by atoms with E-state index in [0.717, 1.165) is 12.1 Å². The highest BCUT2D eigenvalue weighted by atomic mass is 35.5. The maximum atomic E-state index is 6.03. The zero-order valence-electron chi connectivity index (χ0n) is 9.75. The molecule has 1 fully saturated rings. The van der Waals surface area contributed by atoms with Crippen LogP contribution in [0, 0.1) is 0 Å². The van der Waals surface area contributed by atoms with Crippen molar-refractivity contribution >= 4 is 40.7 Å². The Balaban J connectivity index is 2.07. The highest BCUT2D eigenvalue weighted by Crippen LogP contribution is 2.30. The van der Waals surface area contributed by atoms with E-state index in [1.54, 1.807) is 0 Å². The van der Waals surface area contributed by atoms with Crippen molar-refractivity contribution in [2.45, 2.75) is 19.0 Å². The number of hydrogen-bond acceptors (Lipinski definition) is 3. The molecule has 0 amide bonds. The zero-order chi connectivity index (χ0) is 12.4. The van der Waals surface area contributed by atoms with Gasteiger partial charge >= 0.3 is 0 Å². The summed E-state index contributed by atoms with van der Waals surface area (Å²) >= 11 is 14.1. The second-order valence-electron chi connectivity index (χ2n) is 4.41. The molecule has 0 spiro atoms. The van der Waals surface area contributed by atoms with Crippen LogP contribution in [0.2, 0.25) is 10.0 Å². The Hall–Kier alpha value is -0.0900. The van der Waals surface area contributed by atoms with Crippen LogP contribution in [0.3, 0.4) is 0 Å². The molecule has 94 valence electrons. The third-order valence-electron chi connectivity index (χ3n) is 3.10. The molecule has 2 N–H and O–H groups in total. The molecule has 1 saturated heterocycles. The number of thioether (sulfide) groups is 1. The molecule has 1 atom stereocenters. The first-order valence-electron chi connectivity index (χ1n) is 5.59. The molecule has 5 heteroatoms. The topological polar surface area (TPSA) is 29.3 Å². The fraction of sp³-hybridized carbons (Fsp3) is 0.500. The van der Waals surface area contributed by atoms with Crippen LogP contribution in [0.15, 0.2) is 12.1 Å². The molecule has 1 unspecified atom stereocenters. The summed E-state index contributed by atoms with van der Waals surface area (Å²) in [4.78, 5) is 2.36. The van der Waals surface area contributed by atoms with Crippen LogP contribution in [-0.2, 0) is 6.54 Å². The van der Waals surface area contributed by atoms with Crippen LogP contribution in [-0.4, -0.2) is 29.5 Å². The first-order valence-corrected chi connectivity index (χ1v) is 7.50. The molecule has 1 aliphatic heterocycles. The monoisotopic (exact) mass is 290 g/mol. The van der Waals surface area contributed by atoms with E-state index in [0.29, 0.717) is 21.8 Å². The number of hydrogen-bond donors (Lipinski definition) is 1. The molecule has 0 bridgehead atoms. The molecular weight excluding hydrogens is 275 g/mol. The fourth-order valence-corrected chi connectivity index (χ4v) is 3.85. The molecule has 0 aliphatic carbocycles. The van der Waals surface area contributed by atoms with Crippen molar-refractivity contribution in [3.8, 4) is 0 Å². The third kappa shape index (κ3) is 3.22. The Morgan fingerprint density at radius 1 is 1.41 bits per heavy atom. The van der Waals surface area contributed by atoms with Crippen molar-refractivity contribution in [3.05, 3.63) is 27.7 Å². The largest absolute Gasteiger partial charge is 0.396 e. The maximum absolute atomic E-state index is 6.03. The van der Waals surface area contributed by atoms with Gasteiger partial charge in [0.1, 0.15) is 0 Å². The van der Waals surface area contributed by atoms with Gasteiger partial charge in [-0.05, 0) is 36.9 Å². The minimum Gasteiger partial charge on any atom is -0.396 e. The van der Waals surface area contributed by atoms with Crippen LogP contribution in [0.4, 0.5) is 5.69 Å². The summed E-state index contributed by atoms with van der Waals surface area (Å²) in [5, 5.41) is 1.09. The van der Waals surface area contributed by atoms with Gasteiger partial charge in [0.2, 0.25) is 0 Å². The van der Waals surface area contributed by atoms with Crippen molar-refractivity contribution in [1.29, 1.82) is 0 Å². The van der Waals surface area contributed by atoms with Crippen LogP contribution in [0.5, 0.6) is 0 Å². The minimum absolute atomic E-state index is 0.469. The number of halogens is 2. The van der Waals surface area contributed by atoms with Crippen LogP contribution in [0.25, 0.3) is 0 Å². The smallest absolute Gasteiger partial charge is 0.0693 e. The molecule has 1 aromatic rings. The van der Waals surface area contributed by atoms with Gasteiger partial charge in [0, 0.05) is 18.3 Å².